The van der Waals surface area contributed by atoms with Crippen LogP contribution in [0.1, 0.15) is 21.5 Å². The number of nitrogens with one attached hydrogen (secondary N) is 1. The first kappa shape index (κ1) is 16.0. The van der Waals surface area contributed by atoms with Crippen LogP contribution < -0.4 is 4.72 Å². The van der Waals surface area contributed by atoms with E-state index in [1.807, 2.05) is 6.92 Å². The molecule has 0 aromatic heterocycles. The molecule has 0 bridgehead atoms. The van der Waals surface area contributed by atoms with Crippen molar-refractivity contribution in [2.24, 2.45) is 0 Å². The van der Waals surface area contributed by atoms with E-state index in [-0.39, 0.29) is 10.5 Å². The number of sulfonamides is 1. The highest BCUT2D eigenvalue weighted by Gasteiger charge is 2.19. The van der Waals surface area contributed by atoms with Crippen molar-refractivity contribution >= 4 is 21.7 Å². The van der Waals surface area contributed by atoms with Crippen LogP contribution in [0.5, 0.6) is 0 Å². The minimum Gasteiger partial charge on any atom is -0.478 e. The molecule has 0 spiro atoms. The first-order chi connectivity index (χ1) is 10.2. The fraction of sp³-hybridized carbons (Fsp3) is 0.133. The van der Waals surface area contributed by atoms with Gasteiger partial charge in [-0.1, -0.05) is 17.7 Å². The maximum absolute atomic E-state index is 13.7. The third-order valence-electron chi connectivity index (χ3n) is 3.08. The summed E-state index contributed by atoms with van der Waals surface area (Å²) >= 11 is 0. The van der Waals surface area contributed by atoms with Crippen LogP contribution in [0.4, 0.5) is 10.1 Å². The number of carboxylic acid groups (broad SMARTS) is 1. The molecule has 22 heavy (non-hydrogen) atoms. The Bertz CT molecular complexity index is 847. The lowest BCUT2D eigenvalue weighted by Gasteiger charge is -2.12. The highest BCUT2D eigenvalue weighted by Crippen LogP contribution is 2.23. The lowest BCUT2D eigenvalue weighted by Crippen LogP contribution is -2.15. The maximum Gasteiger partial charge on any atom is 0.335 e. The van der Waals surface area contributed by atoms with Gasteiger partial charge in [0, 0.05) is 0 Å². The molecule has 2 rings (SSSR count). The lowest BCUT2D eigenvalue weighted by atomic mass is 10.2. The molecule has 0 saturated heterocycles. The molecule has 0 aliphatic carbocycles. The summed E-state index contributed by atoms with van der Waals surface area (Å²) < 4.78 is 40.5. The predicted molar refractivity (Wildman–Crippen MR) is 80.1 cm³/mol. The summed E-state index contributed by atoms with van der Waals surface area (Å²) in [6.45, 7) is 3.46. The van der Waals surface area contributed by atoms with Crippen LogP contribution in [0.2, 0.25) is 0 Å². The Labute approximate surface area is 127 Å². The average molecular weight is 323 g/mol. The SMILES string of the molecule is Cc1ccc(S(=O)(=O)Nc2cc(C(=O)O)ccc2F)c(C)c1. The average Bonchev–Trinajstić information content (AvgIpc) is 2.40. The van der Waals surface area contributed by atoms with Crippen molar-refractivity contribution in [3.63, 3.8) is 0 Å². The van der Waals surface area contributed by atoms with E-state index in [2.05, 4.69) is 4.72 Å². The Hall–Kier alpha value is -2.41. The van der Waals surface area contributed by atoms with Crippen molar-refractivity contribution in [1.29, 1.82) is 0 Å². The van der Waals surface area contributed by atoms with E-state index in [1.54, 1.807) is 19.1 Å². The highest BCUT2D eigenvalue weighted by atomic mass is 32.2. The summed E-state index contributed by atoms with van der Waals surface area (Å²) in [6, 6.07) is 7.66. The molecule has 0 atom stereocenters. The van der Waals surface area contributed by atoms with Crippen molar-refractivity contribution in [1.82, 2.24) is 0 Å². The van der Waals surface area contributed by atoms with Gasteiger partial charge in [0.25, 0.3) is 10.0 Å². The molecule has 5 nitrogen and oxygen atoms in total. The van der Waals surface area contributed by atoms with Crippen LogP contribution >= 0.6 is 0 Å². The molecule has 7 heteroatoms. The van der Waals surface area contributed by atoms with Crippen molar-refractivity contribution < 1.29 is 22.7 Å². The van der Waals surface area contributed by atoms with E-state index in [0.717, 1.165) is 23.8 Å². The second kappa shape index (κ2) is 5.76. The summed E-state index contributed by atoms with van der Waals surface area (Å²) in [5.74, 6) is -2.12. The van der Waals surface area contributed by atoms with Crippen LogP contribution in [0, 0.1) is 19.7 Å². The molecular weight excluding hydrogens is 309 g/mol. The zero-order chi connectivity index (χ0) is 16.5. The standard InChI is InChI=1S/C15H14FNO4S/c1-9-3-6-14(10(2)7-9)22(20,21)17-13-8-11(15(18)19)4-5-12(13)16/h3-8,17H,1-2H3,(H,18,19). The smallest absolute Gasteiger partial charge is 0.335 e. The number of aryl methyl sites for hydroxylation is 2. The summed E-state index contributed by atoms with van der Waals surface area (Å²) in [5.41, 5.74) is 0.803. The monoisotopic (exact) mass is 323 g/mol. The molecule has 0 aliphatic rings. The van der Waals surface area contributed by atoms with Gasteiger partial charge >= 0.3 is 5.97 Å². The number of aromatic carboxylic acids is 1. The number of rotatable bonds is 4. The Kier molecular flexibility index (Phi) is 4.18. The summed E-state index contributed by atoms with van der Waals surface area (Å²) in [7, 11) is -4.01. The first-order valence-corrected chi connectivity index (χ1v) is 7.82. The summed E-state index contributed by atoms with van der Waals surface area (Å²) in [6.07, 6.45) is 0. The topological polar surface area (TPSA) is 83.5 Å². The van der Waals surface area contributed by atoms with Gasteiger partial charge in [-0.05, 0) is 43.7 Å². The molecular formula is C15H14FNO4S. The van der Waals surface area contributed by atoms with E-state index in [4.69, 9.17) is 5.11 Å². The fourth-order valence-corrected chi connectivity index (χ4v) is 3.32. The minimum atomic E-state index is -4.01. The van der Waals surface area contributed by atoms with Crippen LogP contribution in [-0.2, 0) is 10.0 Å². The van der Waals surface area contributed by atoms with E-state index in [9.17, 15) is 17.6 Å². The quantitative estimate of drug-likeness (QED) is 0.906. The zero-order valence-corrected chi connectivity index (χ0v) is 12.7. The van der Waals surface area contributed by atoms with E-state index in [0.29, 0.717) is 5.56 Å². The van der Waals surface area contributed by atoms with Gasteiger partial charge in [-0.25, -0.2) is 17.6 Å². The van der Waals surface area contributed by atoms with E-state index >= 15 is 0 Å². The number of anilines is 1. The maximum atomic E-state index is 13.7. The van der Waals surface area contributed by atoms with Gasteiger partial charge in [0.1, 0.15) is 5.82 Å². The number of halogens is 1. The minimum absolute atomic E-state index is 0.0122. The van der Waals surface area contributed by atoms with Crippen molar-refractivity contribution in [3.05, 3.63) is 58.9 Å². The normalized spacial score (nSPS) is 11.2. The van der Waals surface area contributed by atoms with Gasteiger partial charge < -0.3 is 5.11 Å². The zero-order valence-electron chi connectivity index (χ0n) is 11.9. The Morgan fingerprint density at radius 1 is 1.14 bits per heavy atom. The molecule has 2 aromatic carbocycles. The van der Waals surface area contributed by atoms with Gasteiger partial charge in [-0.3, -0.25) is 4.72 Å². The van der Waals surface area contributed by atoms with Crippen molar-refractivity contribution in [2.45, 2.75) is 18.7 Å². The number of benzene rings is 2. The molecule has 0 fully saturated rings. The van der Waals surface area contributed by atoms with Gasteiger partial charge in [0.2, 0.25) is 0 Å². The van der Waals surface area contributed by atoms with Gasteiger partial charge in [0.15, 0.2) is 0 Å². The summed E-state index contributed by atoms with van der Waals surface area (Å²) in [4.78, 5) is 10.9. The van der Waals surface area contributed by atoms with Crippen molar-refractivity contribution in [2.75, 3.05) is 4.72 Å². The number of hydrogen-bond donors (Lipinski definition) is 2. The summed E-state index contributed by atoms with van der Waals surface area (Å²) in [5, 5.41) is 8.89. The number of carbonyl (C=O) groups is 1. The predicted octanol–water partition coefficient (Wildman–Crippen LogP) is 2.94. The molecule has 2 N–H and O–H groups in total. The molecule has 0 heterocycles. The molecule has 2 aromatic rings. The van der Waals surface area contributed by atoms with E-state index in [1.165, 1.54) is 6.07 Å². The van der Waals surface area contributed by atoms with E-state index < -0.39 is 27.5 Å². The number of hydrogen-bond acceptors (Lipinski definition) is 3. The van der Waals surface area contributed by atoms with Gasteiger partial charge in [-0.2, -0.15) is 0 Å². The second-order valence-corrected chi connectivity index (χ2v) is 6.53. The van der Waals surface area contributed by atoms with Gasteiger partial charge in [-0.15, -0.1) is 0 Å². The molecule has 0 unspecified atom stereocenters. The molecule has 116 valence electrons. The molecule has 0 aliphatic heterocycles. The largest absolute Gasteiger partial charge is 0.478 e. The fourth-order valence-electron chi connectivity index (χ4n) is 2.04. The molecule has 0 radical (unpaired) electrons. The highest BCUT2D eigenvalue weighted by molar-refractivity contribution is 7.92. The third-order valence-corrected chi connectivity index (χ3v) is 4.60. The van der Waals surface area contributed by atoms with Crippen molar-refractivity contribution in [3.8, 4) is 0 Å². The Balaban J connectivity index is 2.45. The third kappa shape index (κ3) is 3.25. The molecule has 0 amide bonds. The van der Waals surface area contributed by atoms with Crippen LogP contribution in [-0.4, -0.2) is 19.5 Å². The Morgan fingerprint density at radius 2 is 1.82 bits per heavy atom. The first-order valence-electron chi connectivity index (χ1n) is 6.33. The Morgan fingerprint density at radius 3 is 2.41 bits per heavy atom. The van der Waals surface area contributed by atoms with Crippen LogP contribution in [0.15, 0.2) is 41.3 Å². The van der Waals surface area contributed by atoms with Crippen LogP contribution in [0.25, 0.3) is 0 Å². The van der Waals surface area contributed by atoms with Crippen LogP contribution in [0.3, 0.4) is 0 Å². The van der Waals surface area contributed by atoms with Gasteiger partial charge in [0.05, 0.1) is 16.1 Å². The number of carboxylic acids is 1. The lowest BCUT2D eigenvalue weighted by molar-refractivity contribution is 0.0697. The second-order valence-electron chi connectivity index (χ2n) is 4.87. The molecule has 0 saturated carbocycles.